The summed E-state index contributed by atoms with van der Waals surface area (Å²) in [6, 6.07) is 8.16. The lowest BCUT2D eigenvalue weighted by molar-refractivity contribution is 0.0693. The van der Waals surface area contributed by atoms with E-state index in [1.807, 2.05) is 31.2 Å². The smallest absolute Gasteiger partial charge is 0.341 e. The highest BCUT2D eigenvalue weighted by atomic mass is 16.5. The van der Waals surface area contributed by atoms with Gasteiger partial charge >= 0.3 is 5.97 Å². The number of hydrogen-bond donors (Lipinski definition) is 1. The third-order valence-electron chi connectivity index (χ3n) is 2.91. The van der Waals surface area contributed by atoms with E-state index < -0.39 is 5.97 Å². The minimum absolute atomic E-state index is 0.196. The minimum Gasteiger partial charge on any atom is -0.477 e. The van der Waals surface area contributed by atoms with E-state index in [2.05, 4.69) is 5.16 Å². The summed E-state index contributed by atoms with van der Waals surface area (Å²) in [5, 5.41) is 12.8. The molecule has 2 rings (SSSR count). The van der Waals surface area contributed by atoms with Gasteiger partial charge in [-0.25, -0.2) is 4.79 Å². The van der Waals surface area contributed by atoms with Crippen LogP contribution in [0.4, 0.5) is 0 Å². The average molecular weight is 245 g/mol. The number of aryl methyl sites for hydroxylation is 4. The van der Waals surface area contributed by atoms with Crippen molar-refractivity contribution in [2.45, 2.75) is 26.7 Å². The molecule has 0 aliphatic heterocycles. The van der Waals surface area contributed by atoms with Crippen LogP contribution >= 0.6 is 0 Å². The number of carbonyl (C=O) groups is 1. The summed E-state index contributed by atoms with van der Waals surface area (Å²) in [6.07, 6.45) is 1.29. The first-order chi connectivity index (χ1) is 8.58. The molecule has 0 aliphatic carbocycles. The predicted molar refractivity (Wildman–Crippen MR) is 66.8 cm³/mol. The summed E-state index contributed by atoms with van der Waals surface area (Å²) in [4.78, 5) is 11.1. The van der Waals surface area contributed by atoms with Crippen molar-refractivity contribution in [3.05, 3.63) is 52.4 Å². The molecule has 94 valence electrons. The summed E-state index contributed by atoms with van der Waals surface area (Å²) in [7, 11) is 0. The molecule has 0 amide bonds. The predicted octanol–water partition coefficient (Wildman–Crippen LogP) is 2.77. The van der Waals surface area contributed by atoms with E-state index in [1.165, 1.54) is 5.56 Å². The van der Waals surface area contributed by atoms with Crippen LogP contribution in [-0.4, -0.2) is 16.2 Å². The molecule has 0 bridgehead atoms. The molecule has 1 heterocycles. The van der Waals surface area contributed by atoms with E-state index >= 15 is 0 Å². The van der Waals surface area contributed by atoms with Crippen molar-refractivity contribution in [1.82, 2.24) is 5.16 Å². The Bertz CT molecular complexity index is 555. The van der Waals surface area contributed by atoms with Gasteiger partial charge in [0.2, 0.25) is 0 Å². The van der Waals surface area contributed by atoms with Crippen LogP contribution in [0.3, 0.4) is 0 Å². The summed E-state index contributed by atoms with van der Waals surface area (Å²) in [5.74, 6) is -0.534. The summed E-state index contributed by atoms with van der Waals surface area (Å²) in [6.45, 7) is 3.68. The summed E-state index contributed by atoms with van der Waals surface area (Å²) in [5.41, 5.74) is 3.00. The fourth-order valence-corrected chi connectivity index (χ4v) is 1.87. The molecule has 0 saturated heterocycles. The molecule has 0 unspecified atom stereocenters. The fraction of sp³-hybridized carbons (Fsp3) is 0.286. The molecule has 4 heteroatoms. The zero-order chi connectivity index (χ0) is 13.1. The third-order valence-corrected chi connectivity index (χ3v) is 2.91. The lowest BCUT2D eigenvalue weighted by atomic mass is 10.0. The quantitative estimate of drug-likeness (QED) is 0.899. The average Bonchev–Trinajstić information content (AvgIpc) is 2.70. The second-order valence-corrected chi connectivity index (χ2v) is 4.36. The molecule has 4 nitrogen and oxygen atoms in total. The van der Waals surface area contributed by atoms with Crippen LogP contribution in [0.2, 0.25) is 0 Å². The molecular weight excluding hydrogens is 230 g/mol. The third kappa shape index (κ3) is 2.59. The normalized spacial score (nSPS) is 10.6. The molecule has 0 spiro atoms. The van der Waals surface area contributed by atoms with E-state index in [4.69, 9.17) is 9.63 Å². The van der Waals surface area contributed by atoms with Crippen molar-refractivity contribution in [3.63, 3.8) is 0 Å². The zero-order valence-corrected chi connectivity index (χ0v) is 10.4. The number of benzene rings is 1. The van der Waals surface area contributed by atoms with Crippen molar-refractivity contribution in [2.75, 3.05) is 0 Å². The van der Waals surface area contributed by atoms with E-state index in [0.717, 1.165) is 12.0 Å². The second kappa shape index (κ2) is 5.04. The van der Waals surface area contributed by atoms with Crippen LogP contribution < -0.4 is 0 Å². The minimum atomic E-state index is -0.979. The molecule has 18 heavy (non-hydrogen) atoms. The second-order valence-electron chi connectivity index (χ2n) is 4.36. The van der Waals surface area contributed by atoms with E-state index in [1.54, 1.807) is 6.92 Å². The van der Waals surface area contributed by atoms with Gasteiger partial charge in [0.05, 0.1) is 5.69 Å². The van der Waals surface area contributed by atoms with E-state index in [-0.39, 0.29) is 5.56 Å². The first kappa shape index (κ1) is 12.4. The van der Waals surface area contributed by atoms with Crippen molar-refractivity contribution < 1.29 is 14.4 Å². The molecule has 0 radical (unpaired) electrons. The Hall–Kier alpha value is -2.10. The first-order valence-corrected chi connectivity index (χ1v) is 5.82. The highest BCUT2D eigenvalue weighted by Gasteiger charge is 2.19. The van der Waals surface area contributed by atoms with Gasteiger partial charge in [0, 0.05) is 6.42 Å². The van der Waals surface area contributed by atoms with Crippen molar-refractivity contribution >= 4 is 5.97 Å². The van der Waals surface area contributed by atoms with Crippen LogP contribution in [-0.2, 0) is 12.8 Å². The number of aromatic carboxylic acids is 1. The lowest BCUT2D eigenvalue weighted by Gasteiger charge is -2.00. The van der Waals surface area contributed by atoms with E-state index in [9.17, 15) is 4.79 Å². The van der Waals surface area contributed by atoms with Crippen molar-refractivity contribution in [3.8, 4) is 0 Å². The Morgan fingerprint density at radius 1 is 1.22 bits per heavy atom. The van der Waals surface area contributed by atoms with Crippen molar-refractivity contribution in [1.29, 1.82) is 0 Å². The molecule has 1 aromatic heterocycles. The molecule has 0 fully saturated rings. The van der Waals surface area contributed by atoms with Gasteiger partial charge in [0.1, 0.15) is 5.56 Å². The van der Waals surface area contributed by atoms with Gasteiger partial charge in [-0.2, -0.15) is 0 Å². The molecule has 0 aliphatic rings. The topological polar surface area (TPSA) is 63.3 Å². The maximum Gasteiger partial charge on any atom is 0.341 e. The SMILES string of the molecule is Cc1ccc(CCc2onc(C)c2C(=O)O)cc1. The number of rotatable bonds is 4. The maximum atomic E-state index is 11.1. The molecular formula is C14H15NO3. The number of nitrogens with zero attached hydrogens (tertiary/aromatic N) is 1. The summed E-state index contributed by atoms with van der Waals surface area (Å²) < 4.78 is 5.07. The van der Waals surface area contributed by atoms with Gasteiger partial charge in [0.15, 0.2) is 5.76 Å². The Morgan fingerprint density at radius 3 is 2.50 bits per heavy atom. The van der Waals surface area contributed by atoms with Gasteiger partial charge in [-0.3, -0.25) is 0 Å². The molecule has 1 aromatic carbocycles. The van der Waals surface area contributed by atoms with Crippen LogP contribution in [0.5, 0.6) is 0 Å². The monoisotopic (exact) mass is 245 g/mol. The molecule has 1 N–H and O–H groups in total. The maximum absolute atomic E-state index is 11.1. The van der Waals surface area contributed by atoms with Crippen LogP contribution in [0.15, 0.2) is 28.8 Å². The molecule has 0 atom stereocenters. The van der Waals surface area contributed by atoms with Gasteiger partial charge in [-0.1, -0.05) is 35.0 Å². The van der Waals surface area contributed by atoms with Crippen molar-refractivity contribution in [2.24, 2.45) is 0 Å². The van der Waals surface area contributed by atoms with Gasteiger partial charge in [-0.05, 0) is 25.8 Å². The van der Waals surface area contributed by atoms with Crippen LogP contribution in [0.1, 0.15) is 32.9 Å². The Kier molecular flexibility index (Phi) is 3.46. The van der Waals surface area contributed by atoms with Gasteiger partial charge in [-0.15, -0.1) is 0 Å². The molecule has 0 saturated carbocycles. The number of aromatic nitrogens is 1. The standard InChI is InChI=1S/C14H15NO3/c1-9-3-5-11(6-4-9)7-8-12-13(14(16)17)10(2)15-18-12/h3-6H,7-8H2,1-2H3,(H,16,17). The van der Waals surface area contributed by atoms with Crippen LogP contribution in [0, 0.1) is 13.8 Å². The molecule has 2 aromatic rings. The zero-order valence-electron chi connectivity index (χ0n) is 10.4. The fourth-order valence-electron chi connectivity index (χ4n) is 1.87. The lowest BCUT2D eigenvalue weighted by Crippen LogP contribution is -2.02. The largest absolute Gasteiger partial charge is 0.477 e. The highest BCUT2D eigenvalue weighted by molar-refractivity contribution is 5.89. The Morgan fingerprint density at radius 2 is 1.89 bits per heavy atom. The number of carboxylic acids is 1. The van der Waals surface area contributed by atoms with E-state index in [0.29, 0.717) is 17.9 Å². The Balaban J connectivity index is 2.11. The van der Waals surface area contributed by atoms with Gasteiger partial charge < -0.3 is 9.63 Å². The summed E-state index contributed by atoms with van der Waals surface area (Å²) >= 11 is 0. The Labute approximate surface area is 105 Å². The number of carboxylic acid groups (broad SMARTS) is 1. The number of hydrogen-bond acceptors (Lipinski definition) is 3. The highest BCUT2D eigenvalue weighted by Crippen LogP contribution is 2.16. The first-order valence-electron chi connectivity index (χ1n) is 5.82. The van der Waals surface area contributed by atoms with Crippen LogP contribution in [0.25, 0.3) is 0 Å². The van der Waals surface area contributed by atoms with Gasteiger partial charge in [0.25, 0.3) is 0 Å².